The second kappa shape index (κ2) is 11.7. The number of ether oxygens (including phenoxy) is 2. The third-order valence-corrected chi connectivity index (χ3v) is 3.13. The Morgan fingerprint density at radius 3 is 1.48 bits per heavy atom. The SMILES string of the molecule is CC1=C(C(=O)OCC(=O)[O-])C(C)C(C(=O)OCC(=O)[O-])=C(C)N1.[Na+].[Na+]. The van der Waals surface area contributed by atoms with Crippen molar-refractivity contribution in [2.24, 2.45) is 5.92 Å². The monoisotopic (exact) mass is 371 g/mol. The number of nitrogens with one attached hydrogen (secondary N) is 1. The molecule has 1 N–H and O–H groups in total. The van der Waals surface area contributed by atoms with Gasteiger partial charge in [0, 0.05) is 17.3 Å². The number of carboxylic acid groups (broad SMARTS) is 2. The van der Waals surface area contributed by atoms with Gasteiger partial charge in [-0.2, -0.15) is 0 Å². The molecule has 0 aliphatic carbocycles. The van der Waals surface area contributed by atoms with Crippen molar-refractivity contribution in [1.29, 1.82) is 0 Å². The van der Waals surface area contributed by atoms with E-state index in [1.165, 1.54) is 6.92 Å². The van der Waals surface area contributed by atoms with E-state index in [0.29, 0.717) is 11.4 Å². The maximum atomic E-state index is 12.0. The van der Waals surface area contributed by atoms with Crippen LogP contribution in [0.5, 0.6) is 0 Å². The van der Waals surface area contributed by atoms with Crippen molar-refractivity contribution < 1.29 is 98.0 Å². The topological polar surface area (TPSA) is 145 Å². The molecule has 1 aliphatic rings. The molecule has 0 unspecified atom stereocenters. The molecular formula is C14H15NNa2O8. The van der Waals surface area contributed by atoms with Crippen LogP contribution in [0, 0.1) is 5.92 Å². The van der Waals surface area contributed by atoms with E-state index in [-0.39, 0.29) is 70.3 Å². The average molecular weight is 371 g/mol. The summed E-state index contributed by atoms with van der Waals surface area (Å²) in [5.74, 6) is -5.75. The van der Waals surface area contributed by atoms with E-state index in [9.17, 15) is 29.4 Å². The summed E-state index contributed by atoms with van der Waals surface area (Å²) in [7, 11) is 0. The first-order valence-electron chi connectivity index (χ1n) is 6.57. The molecule has 0 aromatic rings. The molecule has 0 fully saturated rings. The van der Waals surface area contributed by atoms with Crippen LogP contribution in [0.1, 0.15) is 20.8 Å². The molecule has 0 saturated carbocycles. The van der Waals surface area contributed by atoms with Gasteiger partial charge >= 0.3 is 71.1 Å². The van der Waals surface area contributed by atoms with Crippen molar-refractivity contribution >= 4 is 23.9 Å². The average Bonchev–Trinajstić information content (AvgIpc) is 2.42. The summed E-state index contributed by atoms with van der Waals surface area (Å²) in [5, 5.41) is 23.5. The van der Waals surface area contributed by atoms with Crippen LogP contribution in [0.25, 0.3) is 0 Å². The van der Waals surface area contributed by atoms with E-state index >= 15 is 0 Å². The number of esters is 2. The van der Waals surface area contributed by atoms with Crippen LogP contribution < -0.4 is 74.6 Å². The predicted molar refractivity (Wildman–Crippen MR) is 69.6 cm³/mol. The summed E-state index contributed by atoms with van der Waals surface area (Å²) in [6.45, 7) is 2.78. The number of aliphatic carboxylic acids is 2. The van der Waals surface area contributed by atoms with E-state index < -0.39 is 43.0 Å². The van der Waals surface area contributed by atoms with E-state index in [2.05, 4.69) is 14.8 Å². The summed E-state index contributed by atoms with van der Waals surface area (Å²) < 4.78 is 9.14. The van der Waals surface area contributed by atoms with Gasteiger partial charge in [0.1, 0.15) is 13.2 Å². The van der Waals surface area contributed by atoms with E-state index in [1.807, 2.05) is 0 Å². The zero-order valence-corrected chi connectivity index (χ0v) is 18.8. The largest absolute Gasteiger partial charge is 1.00 e. The number of dihydropyridines is 1. The van der Waals surface area contributed by atoms with Crippen molar-refractivity contribution in [3.05, 3.63) is 22.5 Å². The summed E-state index contributed by atoms with van der Waals surface area (Å²) >= 11 is 0. The van der Waals surface area contributed by atoms with Crippen molar-refractivity contribution in [1.82, 2.24) is 5.32 Å². The van der Waals surface area contributed by atoms with Gasteiger partial charge in [0.15, 0.2) is 0 Å². The van der Waals surface area contributed by atoms with Gasteiger partial charge in [-0.25, -0.2) is 9.59 Å². The van der Waals surface area contributed by atoms with Crippen LogP contribution in [-0.2, 0) is 28.7 Å². The Labute approximate surface area is 188 Å². The Hall–Kier alpha value is -0.840. The summed E-state index contributed by atoms with van der Waals surface area (Å²) in [6.07, 6.45) is 0. The molecule has 0 spiro atoms. The van der Waals surface area contributed by atoms with Gasteiger partial charge in [0.05, 0.1) is 23.1 Å². The van der Waals surface area contributed by atoms with Gasteiger partial charge in [0.2, 0.25) is 0 Å². The second-order valence-electron chi connectivity index (χ2n) is 4.82. The first kappa shape index (κ1) is 26.4. The van der Waals surface area contributed by atoms with Crippen LogP contribution in [0.15, 0.2) is 22.5 Å². The van der Waals surface area contributed by atoms with E-state index in [0.717, 1.165) is 0 Å². The Kier molecular flexibility index (Phi) is 12.4. The fourth-order valence-electron chi connectivity index (χ4n) is 2.27. The molecule has 1 rings (SSSR count). The van der Waals surface area contributed by atoms with Gasteiger partial charge in [-0.15, -0.1) is 0 Å². The normalized spacial score (nSPS) is 13.9. The number of carbonyl (C=O) groups is 4. The number of carbonyl (C=O) groups excluding carboxylic acids is 4. The first-order chi connectivity index (χ1) is 10.6. The quantitative estimate of drug-likeness (QED) is 0.355. The number of hydrogen-bond donors (Lipinski definition) is 1. The van der Waals surface area contributed by atoms with Gasteiger partial charge in [0.25, 0.3) is 0 Å². The van der Waals surface area contributed by atoms with Crippen LogP contribution in [0.3, 0.4) is 0 Å². The van der Waals surface area contributed by atoms with Crippen LogP contribution >= 0.6 is 0 Å². The predicted octanol–water partition coefficient (Wildman–Crippen LogP) is -8.63. The number of allylic oxidation sites excluding steroid dienone is 2. The van der Waals surface area contributed by atoms with Gasteiger partial charge in [-0.05, 0) is 13.8 Å². The molecule has 0 radical (unpaired) electrons. The molecule has 126 valence electrons. The van der Waals surface area contributed by atoms with E-state index in [1.54, 1.807) is 13.8 Å². The second-order valence-corrected chi connectivity index (χ2v) is 4.82. The Bertz CT molecular complexity index is 574. The van der Waals surface area contributed by atoms with Crippen molar-refractivity contribution in [3.63, 3.8) is 0 Å². The molecule has 0 atom stereocenters. The standard InChI is InChI=1S/C14H17NO8.2Na/c1-6-11(13(20)22-4-9(16)17)7(2)15-8(3)12(6)14(21)23-5-10(18)19;;/h6,15H,4-5H2,1-3H3,(H,16,17)(H,18,19);;/q;2*+1/p-2. The molecular weight excluding hydrogens is 356 g/mol. The van der Waals surface area contributed by atoms with Crippen LogP contribution in [0.4, 0.5) is 0 Å². The Morgan fingerprint density at radius 1 is 0.880 bits per heavy atom. The zero-order chi connectivity index (χ0) is 17.7. The third-order valence-electron chi connectivity index (χ3n) is 3.13. The molecule has 0 saturated heterocycles. The van der Waals surface area contributed by atoms with Gasteiger partial charge in [-0.1, -0.05) is 6.92 Å². The number of carboxylic acids is 2. The summed E-state index contributed by atoms with van der Waals surface area (Å²) in [6, 6.07) is 0. The third kappa shape index (κ3) is 7.51. The van der Waals surface area contributed by atoms with Crippen LogP contribution in [-0.4, -0.2) is 37.1 Å². The zero-order valence-electron chi connectivity index (χ0n) is 14.8. The molecule has 11 heteroatoms. The molecule has 0 aromatic heterocycles. The Balaban J connectivity index is 0. The maximum Gasteiger partial charge on any atom is 1.00 e. The molecule has 0 amide bonds. The summed E-state index contributed by atoms with van der Waals surface area (Å²) in [5.41, 5.74) is 0.846. The van der Waals surface area contributed by atoms with Crippen molar-refractivity contribution in [2.45, 2.75) is 20.8 Å². The smallest absolute Gasteiger partial charge is 0.546 e. The maximum absolute atomic E-state index is 12.0. The molecule has 1 aliphatic heterocycles. The van der Waals surface area contributed by atoms with Crippen molar-refractivity contribution in [3.8, 4) is 0 Å². The van der Waals surface area contributed by atoms with Crippen LogP contribution in [0.2, 0.25) is 0 Å². The minimum absolute atomic E-state index is 0. The van der Waals surface area contributed by atoms with Gasteiger partial charge < -0.3 is 34.6 Å². The fourth-order valence-corrected chi connectivity index (χ4v) is 2.27. The van der Waals surface area contributed by atoms with E-state index in [4.69, 9.17) is 0 Å². The first-order valence-corrected chi connectivity index (χ1v) is 6.57. The molecule has 9 nitrogen and oxygen atoms in total. The minimum atomic E-state index is -1.56. The summed E-state index contributed by atoms with van der Waals surface area (Å²) in [4.78, 5) is 44.7. The Morgan fingerprint density at radius 2 is 1.20 bits per heavy atom. The van der Waals surface area contributed by atoms with Gasteiger partial charge in [-0.3, -0.25) is 0 Å². The molecule has 0 aromatic carbocycles. The molecule has 25 heavy (non-hydrogen) atoms. The molecule has 1 heterocycles. The fraction of sp³-hybridized carbons (Fsp3) is 0.429. The number of hydrogen-bond acceptors (Lipinski definition) is 9. The number of rotatable bonds is 6. The molecule has 0 bridgehead atoms. The minimum Gasteiger partial charge on any atom is -0.546 e. The van der Waals surface area contributed by atoms with Crippen molar-refractivity contribution in [2.75, 3.05) is 13.2 Å².